The molecular weight excluding hydrogens is 349 g/mol. The second kappa shape index (κ2) is 7.99. The van der Waals surface area contributed by atoms with Crippen molar-refractivity contribution in [2.45, 2.75) is 13.3 Å². The van der Waals surface area contributed by atoms with E-state index in [9.17, 15) is 14.7 Å². The van der Waals surface area contributed by atoms with Gasteiger partial charge < -0.3 is 10.4 Å². The second-order valence-electron chi connectivity index (χ2n) is 5.02. The minimum Gasteiger partial charge on any atom is -0.478 e. The number of anilines is 1. The van der Waals surface area contributed by atoms with Crippen LogP contribution in [0.3, 0.4) is 0 Å². The predicted octanol–water partition coefficient (Wildman–Crippen LogP) is 5.21. The van der Waals surface area contributed by atoms with Gasteiger partial charge in [0.05, 0.1) is 21.3 Å². The number of amides is 1. The molecule has 2 aromatic rings. The van der Waals surface area contributed by atoms with E-state index in [2.05, 4.69) is 5.32 Å². The van der Waals surface area contributed by atoms with E-state index >= 15 is 0 Å². The molecule has 4 nitrogen and oxygen atoms in total. The zero-order valence-corrected chi connectivity index (χ0v) is 14.4. The van der Waals surface area contributed by atoms with E-state index in [1.807, 2.05) is 0 Å². The molecule has 24 heavy (non-hydrogen) atoms. The third-order valence-electron chi connectivity index (χ3n) is 3.28. The van der Waals surface area contributed by atoms with Crippen LogP contribution in [0.25, 0.3) is 12.2 Å². The Morgan fingerprint density at radius 3 is 2.25 bits per heavy atom. The Morgan fingerprint density at radius 2 is 1.67 bits per heavy atom. The lowest BCUT2D eigenvalue weighted by Gasteiger charge is -2.08. The largest absolute Gasteiger partial charge is 0.478 e. The third kappa shape index (κ3) is 4.60. The van der Waals surface area contributed by atoms with Crippen molar-refractivity contribution in [2.24, 2.45) is 0 Å². The van der Waals surface area contributed by atoms with Crippen molar-refractivity contribution in [3.63, 3.8) is 0 Å². The molecular formula is C18H15Cl2NO3. The summed E-state index contributed by atoms with van der Waals surface area (Å²) >= 11 is 11.8. The van der Waals surface area contributed by atoms with Crippen LogP contribution in [0, 0.1) is 0 Å². The van der Waals surface area contributed by atoms with Crippen LogP contribution in [-0.2, 0) is 4.79 Å². The Labute approximate surface area is 149 Å². The average Bonchev–Trinajstić information content (AvgIpc) is 2.56. The van der Waals surface area contributed by atoms with E-state index in [1.165, 1.54) is 6.07 Å². The van der Waals surface area contributed by atoms with Gasteiger partial charge in [0, 0.05) is 6.42 Å². The maximum atomic E-state index is 11.5. The normalized spacial score (nSPS) is 10.8. The fourth-order valence-electron chi connectivity index (χ4n) is 2.00. The van der Waals surface area contributed by atoms with E-state index in [0.717, 1.165) is 5.56 Å². The fourth-order valence-corrected chi connectivity index (χ4v) is 2.31. The van der Waals surface area contributed by atoms with Gasteiger partial charge >= 0.3 is 5.97 Å². The van der Waals surface area contributed by atoms with Crippen LogP contribution in [0.5, 0.6) is 0 Å². The molecule has 6 heteroatoms. The molecule has 2 aromatic carbocycles. The molecule has 2 rings (SSSR count). The summed E-state index contributed by atoms with van der Waals surface area (Å²) in [6, 6.07) is 10.0. The van der Waals surface area contributed by atoms with Crippen molar-refractivity contribution in [1.29, 1.82) is 0 Å². The lowest BCUT2D eigenvalue weighted by molar-refractivity contribution is -0.115. The molecule has 1 amide bonds. The van der Waals surface area contributed by atoms with E-state index in [1.54, 1.807) is 49.4 Å². The van der Waals surface area contributed by atoms with Crippen LogP contribution in [0.4, 0.5) is 5.69 Å². The van der Waals surface area contributed by atoms with Crippen molar-refractivity contribution in [1.82, 2.24) is 0 Å². The number of hydrogen-bond donors (Lipinski definition) is 2. The highest BCUT2D eigenvalue weighted by Gasteiger charge is 2.12. The molecule has 0 aromatic heterocycles. The molecule has 0 atom stereocenters. The van der Waals surface area contributed by atoms with Gasteiger partial charge in [-0.25, -0.2) is 4.79 Å². The minimum atomic E-state index is -1.11. The number of carboxylic acid groups (broad SMARTS) is 1. The van der Waals surface area contributed by atoms with Gasteiger partial charge in [-0.3, -0.25) is 4.79 Å². The summed E-state index contributed by atoms with van der Waals surface area (Å²) in [4.78, 5) is 22.9. The molecule has 0 aliphatic heterocycles. The van der Waals surface area contributed by atoms with Gasteiger partial charge in [-0.05, 0) is 35.4 Å². The third-order valence-corrected chi connectivity index (χ3v) is 4.02. The first-order chi connectivity index (χ1) is 11.4. The molecule has 0 saturated carbocycles. The van der Waals surface area contributed by atoms with E-state index in [-0.39, 0.29) is 23.6 Å². The Bertz CT molecular complexity index is 816. The van der Waals surface area contributed by atoms with E-state index < -0.39 is 5.97 Å². The molecule has 0 saturated heterocycles. The molecule has 0 spiro atoms. The summed E-state index contributed by atoms with van der Waals surface area (Å²) < 4.78 is 0. The molecule has 0 aliphatic rings. The topological polar surface area (TPSA) is 66.4 Å². The highest BCUT2D eigenvalue weighted by molar-refractivity contribution is 6.42. The van der Waals surface area contributed by atoms with Crippen LogP contribution in [0.2, 0.25) is 10.0 Å². The first-order valence-electron chi connectivity index (χ1n) is 7.21. The number of benzene rings is 2. The number of carbonyl (C=O) groups excluding carboxylic acids is 1. The van der Waals surface area contributed by atoms with Crippen molar-refractivity contribution in [2.75, 3.05) is 5.32 Å². The summed E-state index contributed by atoms with van der Waals surface area (Å²) in [5.41, 5.74) is 1.84. The summed E-state index contributed by atoms with van der Waals surface area (Å²) in [5, 5.41) is 12.8. The molecule has 0 heterocycles. The standard InChI is InChI=1S/C18H15Cl2NO3/c1-2-17(22)21-16-8-6-11(9-13(16)18(23)24)3-4-12-5-7-14(19)15(20)10-12/h3-10H,2H2,1H3,(H,21,22)(H,23,24)/b4-3+. The molecule has 0 fully saturated rings. The first-order valence-corrected chi connectivity index (χ1v) is 7.96. The smallest absolute Gasteiger partial charge is 0.337 e. The molecule has 2 N–H and O–H groups in total. The summed E-state index contributed by atoms with van der Waals surface area (Å²) in [7, 11) is 0. The Morgan fingerprint density at radius 1 is 1.04 bits per heavy atom. The van der Waals surface area contributed by atoms with Gasteiger partial charge in [0.1, 0.15) is 0 Å². The van der Waals surface area contributed by atoms with Gasteiger partial charge in [0.2, 0.25) is 5.91 Å². The average molecular weight is 364 g/mol. The van der Waals surface area contributed by atoms with Crippen LogP contribution in [0.15, 0.2) is 36.4 Å². The van der Waals surface area contributed by atoms with Crippen LogP contribution in [-0.4, -0.2) is 17.0 Å². The van der Waals surface area contributed by atoms with Crippen molar-refractivity contribution in [3.05, 3.63) is 63.1 Å². The number of carbonyl (C=O) groups is 2. The Kier molecular flexibility index (Phi) is 6.01. The Hall–Kier alpha value is -2.30. The SMILES string of the molecule is CCC(=O)Nc1ccc(/C=C/c2ccc(Cl)c(Cl)c2)cc1C(=O)O. The fraction of sp³-hybridized carbons (Fsp3) is 0.111. The lowest BCUT2D eigenvalue weighted by Crippen LogP contribution is -2.13. The highest BCUT2D eigenvalue weighted by atomic mass is 35.5. The van der Waals surface area contributed by atoms with Crippen molar-refractivity contribution in [3.8, 4) is 0 Å². The summed E-state index contributed by atoms with van der Waals surface area (Å²) in [5.74, 6) is -1.34. The zero-order chi connectivity index (χ0) is 17.7. The van der Waals surface area contributed by atoms with Gasteiger partial charge in [-0.1, -0.05) is 54.4 Å². The van der Waals surface area contributed by atoms with Gasteiger partial charge in [-0.2, -0.15) is 0 Å². The van der Waals surface area contributed by atoms with Crippen LogP contribution >= 0.6 is 23.2 Å². The number of halogens is 2. The predicted molar refractivity (Wildman–Crippen MR) is 97.7 cm³/mol. The van der Waals surface area contributed by atoms with Crippen LogP contribution < -0.4 is 5.32 Å². The number of carboxylic acids is 1. The lowest BCUT2D eigenvalue weighted by atomic mass is 10.1. The van der Waals surface area contributed by atoms with Gasteiger partial charge in [-0.15, -0.1) is 0 Å². The highest BCUT2D eigenvalue weighted by Crippen LogP contribution is 2.24. The molecule has 0 radical (unpaired) electrons. The summed E-state index contributed by atoms with van der Waals surface area (Å²) in [6.45, 7) is 1.70. The zero-order valence-electron chi connectivity index (χ0n) is 12.8. The molecule has 0 aliphatic carbocycles. The number of rotatable bonds is 5. The van der Waals surface area contributed by atoms with E-state index in [0.29, 0.717) is 15.6 Å². The maximum absolute atomic E-state index is 11.5. The molecule has 124 valence electrons. The van der Waals surface area contributed by atoms with Crippen molar-refractivity contribution >= 4 is 52.9 Å². The van der Waals surface area contributed by atoms with E-state index in [4.69, 9.17) is 23.2 Å². The molecule has 0 bridgehead atoms. The number of hydrogen-bond acceptors (Lipinski definition) is 2. The van der Waals surface area contributed by atoms with Crippen molar-refractivity contribution < 1.29 is 14.7 Å². The first kappa shape index (κ1) is 18.0. The number of aromatic carboxylic acids is 1. The maximum Gasteiger partial charge on any atom is 0.337 e. The molecule has 0 unspecified atom stereocenters. The van der Waals surface area contributed by atoms with Gasteiger partial charge in [0.25, 0.3) is 0 Å². The summed E-state index contributed by atoms with van der Waals surface area (Å²) in [6.07, 6.45) is 3.84. The quantitative estimate of drug-likeness (QED) is 0.716. The monoisotopic (exact) mass is 363 g/mol. The van der Waals surface area contributed by atoms with Gasteiger partial charge in [0.15, 0.2) is 0 Å². The second-order valence-corrected chi connectivity index (χ2v) is 5.83. The van der Waals surface area contributed by atoms with Crippen LogP contribution in [0.1, 0.15) is 34.8 Å². The Balaban J connectivity index is 2.29. The minimum absolute atomic E-state index is 0.0353. The number of nitrogens with one attached hydrogen (secondary N) is 1.